The van der Waals surface area contributed by atoms with E-state index >= 15 is 0 Å². The fourth-order valence-electron chi connectivity index (χ4n) is 1.17. The molecule has 0 aliphatic rings. The normalized spacial score (nSPS) is 10.2. The Balaban J connectivity index is 2.66. The number of amides is 1. The molecule has 0 saturated heterocycles. The molecule has 1 aromatic carbocycles. The van der Waals surface area contributed by atoms with Crippen LogP contribution < -0.4 is 10.1 Å². The van der Waals surface area contributed by atoms with Gasteiger partial charge in [-0.15, -0.1) is 0 Å². The zero-order valence-corrected chi connectivity index (χ0v) is 11.7. The van der Waals surface area contributed by atoms with Crippen LogP contribution in [-0.4, -0.2) is 19.8 Å². The number of carbonyl (C=O) groups is 1. The molecule has 1 N–H and O–H groups in total. The Hall–Kier alpha value is -1.23. The van der Waals surface area contributed by atoms with Crippen LogP contribution in [0.1, 0.15) is 13.8 Å². The molecule has 1 rings (SSSR count). The Morgan fingerprint density at radius 2 is 2.18 bits per heavy atom. The molecule has 0 spiro atoms. The molecular formula is C12H16BrNO3. The molecule has 1 aromatic rings. The maximum Gasteiger partial charge on any atom is 0.411 e. The third-order valence-electron chi connectivity index (χ3n) is 1.95. The lowest BCUT2D eigenvalue weighted by molar-refractivity contribution is 0.147. The molecule has 0 heterocycles. The predicted molar refractivity (Wildman–Crippen MR) is 70.5 cm³/mol. The average molecular weight is 302 g/mol. The van der Waals surface area contributed by atoms with Gasteiger partial charge in [-0.25, -0.2) is 4.79 Å². The van der Waals surface area contributed by atoms with Crippen molar-refractivity contribution in [1.29, 1.82) is 0 Å². The number of halogens is 1. The molecule has 0 bridgehead atoms. The second-order valence-electron chi connectivity index (χ2n) is 3.96. The lowest BCUT2D eigenvalue weighted by Crippen LogP contribution is -2.17. The summed E-state index contributed by atoms with van der Waals surface area (Å²) < 4.78 is 11.0. The van der Waals surface area contributed by atoms with Crippen LogP contribution in [0.4, 0.5) is 10.5 Å². The first-order valence-corrected chi connectivity index (χ1v) is 6.09. The number of nitrogens with one attached hydrogen (secondary N) is 1. The average Bonchev–Trinajstić information content (AvgIpc) is 2.27. The van der Waals surface area contributed by atoms with E-state index in [4.69, 9.17) is 9.47 Å². The van der Waals surface area contributed by atoms with Crippen LogP contribution in [0.25, 0.3) is 0 Å². The van der Waals surface area contributed by atoms with Gasteiger partial charge in [-0.05, 0) is 24.1 Å². The van der Waals surface area contributed by atoms with Gasteiger partial charge in [0, 0.05) is 4.47 Å². The highest BCUT2D eigenvalue weighted by atomic mass is 79.9. The van der Waals surface area contributed by atoms with E-state index in [0.717, 1.165) is 4.47 Å². The zero-order chi connectivity index (χ0) is 12.8. The maximum absolute atomic E-state index is 11.5. The summed E-state index contributed by atoms with van der Waals surface area (Å²) in [6, 6.07) is 5.36. The minimum atomic E-state index is -0.477. The first-order valence-electron chi connectivity index (χ1n) is 5.30. The number of carbonyl (C=O) groups excluding carboxylic acids is 1. The van der Waals surface area contributed by atoms with Crippen LogP contribution in [0.3, 0.4) is 0 Å². The molecule has 0 fully saturated rings. The molecule has 0 aliphatic heterocycles. The Bertz CT molecular complexity index is 393. The molecule has 0 aliphatic carbocycles. The molecule has 94 valence electrons. The highest BCUT2D eigenvalue weighted by Crippen LogP contribution is 2.27. The number of benzene rings is 1. The lowest BCUT2D eigenvalue weighted by Gasteiger charge is -2.11. The lowest BCUT2D eigenvalue weighted by atomic mass is 10.2. The monoisotopic (exact) mass is 301 g/mol. The molecule has 5 heteroatoms. The van der Waals surface area contributed by atoms with Gasteiger partial charge in [0.05, 0.1) is 19.4 Å². The van der Waals surface area contributed by atoms with Gasteiger partial charge < -0.3 is 9.47 Å². The van der Waals surface area contributed by atoms with Crippen LogP contribution in [0, 0.1) is 5.92 Å². The van der Waals surface area contributed by atoms with E-state index < -0.39 is 6.09 Å². The van der Waals surface area contributed by atoms with E-state index in [1.807, 2.05) is 19.9 Å². The Kier molecular flexibility index (Phi) is 5.28. The van der Waals surface area contributed by atoms with Crippen molar-refractivity contribution < 1.29 is 14.3 Å². The fraction of sp³-hybridized carbons (Fsp3) is 0.417. The topological polar surface area (TPSA) is 47.6 Å². The maximum atomic E-state index is 11.5. The van der Waals surface area contributed by atoms with Crippen molar-refractivity contribution in [2.45, 2.75) is 13.8 Å². The van der Waals surface area contributed by atoms with Crippen LogP contribution >= 0.6 is 15.9 Å². The number of rotatable bonds is 4. The molecule has 0 unspecified atom stereocenters. The van der Waals surface area contributed by atoms with Gasteiger partial charge in [-0.3, -0.25) is 5.32 Å². The summed E-state index contributed by atoms with van der Waals surface area (Å²) in [5.41, 5.74) is 0.579. The van der Waals surface area contributed by atoms with E-state index in [9.17, 15) is 4.79 Å². The quantitative estimate of drug-likeness (QED) is 0.923. The SMILES string of the molecule is COc1ccc(Br)cc1NC(=O)OCC(C)C. The Labute approximate surface area is 109 Å². The van der Waals surface area contributed by atoms with Crippen LogP contribution in [0.15, 0.2) is 22.7 Å². The molecule has 0 radical (unpaired) electrons. The molecule has 0 atom stereocenters. The van der Waals surface area contributed by atoms with Crippen molar-refractivity contribution >= 4 is 27.7 Å². The van der Waals surface area contributed by atoms with Gasteiger partial charge in [0.2, 0.25) is 0 Å². The van der Waals surface area contributed by atoms with Crippen molar-refractivity contribution in [3.8, 4) is 5.75 Å². The molecule has 0 saturated carbocycles. The largest absolute Gasteiger partial charge is 0.495 e. The summed E-state index contributed by atoms with van der Waals surface area (Å²) in [5.74, 6) is 0.903. The number of hydrogen-bond acceptors (Lipinski definition) is 3. The van der Waals surface area contributed by atoms with Crippen molar-refractivity contribution in [3.05, 3.63) is 22.7 Å². The van der Waals surface area contributed by atoms with Crippen LogP contribution in [-0.2, 0) is 4.74 Å². The van der Waals surface area contributed by atoms with Crippen molar-refractivity contribution in [2.24, 2.45) is 5.92 Å². The molecule has 1 amide bonds. The van der Waals surface area contributed by atoms with Gasteiger partial charge in [0.15, 0.2) is 0 Å². The zero-order valence-electron chi connectivity index (χ0n) is 10.1. The second-order valence-corrected chi connectivity index (χ2v) is 4.88. The van der Waals surface area contributed by atoms with Crippen LogP contribution in [0.5, 0.6) is 5.75 Å². The predicted octanol–water partition coefficient (Wildman–Crippen LogP) is 3.66. The Morgan fingerprint density at radius 1 is 1.47 bits per heavy atom. The number of anilines is 1. The third-order valence-corrected chi connectivity index (χ3v) is 2.44. The fourth-order valence-corrected chi connectivity index (χ4v) is 1.53. The van der Waals surface area contributed by atoms with E-state index in [1.165, 1.54) is 0 Å². The second kappa shape index (κ2) is 6.49. The number of methoxy groups -OCH3 is 1. The van der Waals surface area contributed by atoms with Gasteiger partial charge in [0.25, 0.3) is 0 Å². The summed E-state index contributed by atoms with van der Waals surface area (Å²) in [6.07, 6.45) is -0.477. The summed E-state index contributed by atoms with van der Waals surface area (Å²) >= 11 is 3.33. The molecular weight excluding hydrogens is 286 g/mol. The number of ether oxygens (including phenoxy) is 2. The van der Waals surface area contributed by atoms with E-state index in [-0.39, 0.29) is 0 Å². The third kappa shape index (κ3) is 4.65. The van der Waals surface area contributed by atoms with Crippen molar-refractivity contribution in [3.63, 3.8) is 0 Å². The van der Waals surface area contributed by atoms with E-state index in [2.05, 4.69) is 21.2 Å². The Morgan fingerprint density at radius 3 is 2.76 bits per heavy atom. The van der Waals surface area contributed by atoms with Gasteiger partial charge in [-0.2, -0.15) is 0 Å². The van der Waals surface area contributed by atoms with E-state index in [1.54, 1.807) is 19.2 Å². The minimum absolute atomic E-state index is 0.310. The van der Waals surface area contributed by atoms with Gasteiger partial charge in [0.1, 0.15) is 5.75 Å². The minimum Gasteiger partial charge on any atom is -0.495 e. The highest BCUT2D eigenvalue weighted by Gasteiger charge is 2.09. The summed E-state index contributed by atoms with van der Waals surface area (Å²) in [4.78, 5) is 11.5. The van der Waals surface area contributed by atoms with E-state index in [0.29, 0.717) is 24.0 Å². The number of hydrogen-bond donors (Lipinski definition) is 1. The van der Waals surface area contributed by atoms with Crippen molar-refractivity contribution in [1.82, 2.24) is 0 Å². The summed E-state index contributed by atoms with van der Waals surface area (Å²) in [7, 11) is 1.55. The van der Waals surface area contributed by atoms with Gasteiger partial charge >= 0.3 is 6.09 Å². The first kappa shape index (κ1) is 13.8. The molecule has 0 aromatic heterocycles. The smallest absolute Gasteiger partial charge is 0.411 e. The standard InChI is InChI=1S/C12H16BrNO3/c1-8(2)7-17-12(15)14-10-6-9(13)4-5-11(10)16-3/h4-6,8H,7H2,1-3H3,(H,14,15). The highest BCUT2D eigenvalue weighted by molar-refractivity contribution is 9.10. The summed E-state index contributed by atoms with van der Waals surface area (Å²) in [6.45, 7) is 4.35. The van der Waals surface area contributed by atoms with Gasteiger partial charge in [-0.1, -0.05) is 29.8 Å². The summed E-state index contributed by atoms with van der Waals surface area (Å²) in [5, 5.41) is 2.64. The molecule has 4 nitrogen and oxygen atoms in total. The van der Waals surface area contributed by atoms with Crippen molar-refractivity contribution in [2.75, 3.05) is 19.0 Å². The van der Waals surface area contributed by atoms with Crippen LogP contribution in [0.2, 0.25) is 0 Å². The molecule has 17 heavy (non-hydrogen) atoms. The first-order chi connectivity index (χ1) is 8.02.